The maximum atomic E-state index is 10.9. The van der Waals surface area contributed by atoms with Gasteiger partial charge in [-0.3, -0.25) is 0 Å². The predicted molar refractivity (Wildman–Crippen MR) is 69.3 cm³/mol. The highest BCUT2D eigenvalue weighted by molar-refractivity contribution is 5.53. The predicted octanol–water partition coefficient (Wildman–Crippen LogP) is 4.37. The number of hydrogen-bond acceptors (Lipinski definition) is 1. The third-order valence-electron chi connectivity index (χ3n) is 4.22. The maximum absolute atomic E-state index is 10.9. The van der Waals surface area contributed by atoms with Crippen molar-refractivity contribution in [3.05, 3.63) is 11.1 Å². The molecular formula is C15H26O. The second kappa shape index (κ2) is 6.22. The van der Waals surface area contributed by atoms with Gasteiger partial charge in [-0.25, -0.2) is 0 Å². The molecule has 1 heteroatoms. The van der Waals surface area contributed by atoms with Crippen molar-refractivity contribution in [3.63, 3.8) is 0 Å². The van der Waals surface area contributed by atoms with Gasteiger partial charge in [-0.15, -0.1) is 0 Å². The average molecular weight is 222 g/mol. The molecule has 2 atom stereocenters. The zero-order valence-corrected chi connectivity index (χ0v) is 11.3. The minimum Gasteiger partial charge on any atom is -0.303 e. The molecule has 1 aliphatic rings. The molecule has 0 unspecified atom stereocenters. The number of allylic oxidation sites excluding steroid dienone is 2. The maximum Gasteiger partial charge on any atom is 0.123 e. The summed E-state index contributed by atoms with van der Waals surface area (Å²) in [5.74, 6) is 1.49. The van der Waals surface area contributed by atoms with Crippen molar-refractivity contribution in [3.8, 4) is 0 Å². The second-order valence-electron chi connectivity index (χ2n) is 5.66. The van der Waals surface area contributed by atoms with Gasteiger partial charge in [0.25, 0.3) is 0 Å². The van der Waals surface area contributed by atoms with Crippen LogP contribution in [0, 0.1) is 17.8 Å². The Balaban J connectivity index is 2.53. The van der Waals surface area contributed by atoms with Gasteiger partial charge in [0.2, 0.25) is 0 Å². The minimum absolute atomic E-state index is 0.248. The third kappa shape index (κ3) is 3.47. The van der Waals surface area contributed by atoms with E-state index in [1.807, 2.05) is 0 Å². The first-order valence-electron chi connectivity index (χ1n) is 6.70. The van der Waals surface area contributed by atoms with E-state index in [1.54, 1.807) is 11.1 Å². The zero-order valence-electron chi connectivity index (χ0n) is 11.3. The van der Waals surface area contributed by atoms with Gasteiger partial charge in [0.15, 0.2) is 0 Å². The molecule has 0 aromatic carbocycles. The topological polar surface area (TPSA) is 17.1 Å². The molecule has 0 aromatic heterocycles. The smallest absolute Gasteiger partial charge is 0.123 e. The first-order valence-corrected chi connectivity index (χ1v) is 6.70. The van der Waals surface area contributed by atoms with Gasteiger partial charge < -0.3 is 4.79 Å². The van der Waals surface area contributed by atoms with E-state index in [1.165, 1.54) is 19.3 Å². The Morgan fingerprint density at radius 3 is 2.69 bits per heavy atom. The lowest BCUT2D eigenvalue weighted by atomic mass is 9.81. The molecule has 1 aliphatic carbocycles. The van der Waals surface area contributed by atoms with Gasteiger partial charge in [-0.1, -0.05) is 31.9 Å². The third-order valence-corrected chi connectivity index (χ3v) is 4.22. The summed E-state index contributed by atoms with van der Waals surface area (Å²) in [6.45, 7) is 8.90. The van der Waals surface area contributed by atoms with Crippen LogP contribution in [0.5, 0.6) is 0 Å². The van der Waals surface area contributed by atoms with Gasteiger partial charge in [-0.05, 0) is 50.9 Å². The normalized spacial score (nSPS) is 23.7. The molecule has 0 spiro atoms. The number of hydrogen-bond donors (Lipinski definition) is 0. The van der Waals surface area contributed by atoms with Gasteiger partial charge in [0.05, 0.1) is 0 Å². The van der Waals surface area contributed by atoms with E-state index in [4.69, 9.17) is 0 Å². The fourth-order valence-corrected chi connectivity index (χ4v) is 2.61. The molecule has 92 valence electrons. The molecule has 0 N–H and O–H groups in total. The highest BCUT2D eigenvalue weighted by atomic mass is 16.1. The number of aldehydes is 1. The van der Waals surface area contributed by atoms with Crippen LogP contribution >= 0.6 is 0 Å². The molecule has 1 rings (SSSR count). The van der Waals surface area contributed by atoms with E-state index in [0.29, 0.717) is 5.92 Å². The fraction of sp³-hybridized carbons (Fsp3) is 0.800. The Kier molecular flexibility index (Phi) is 5.24. The summed E-state index contributed by atoms with van der Waals surface area (Å²) >= 11 is 0. The molecule has 0 fully saturated rings. The minimum atomic E-state index is 0.248. The summed E-state index contributed by atoms with van der Waals surface area (Å²) in [7, 11) is 0. The van der Waals surface area contributed by atoms with Crippen LogP contribution in [0.25, 0.3) is 0 Å². The largest absolute Gasteiger partial charge is 0.303 e. The summed E-state index contributed by atoms with van der Waals surface area (Å²) in [6, 6.07) is 0. The molecule has 0 bridgehead atoms. The molecule has 0 amide bonds. The monoisotopic (exact) mass is 222 g/mol. The van der Waals surface area contributed by atoms with Crippen LogP contribution in [0.2, 0.25) is 0 Å². The highest BCUT2D eigenvalue weighted by Gasteiger charge is 2.18. The summed E-state index contributed by atoms with van der Waals surface area (Å²) in [4.78, 5) is 10.9. The van der Waals surface area contributed by atoms with Crippen LogP contribution < -0.4 is 0 Å². The van der Waals surface area contributed by atoms with Crippen molar-refractivity contribution >= 4 is 6.29 Å². The Hall–Kier alpha value is -0.590. The van der Waals surface area contributed by atoms with Crippen LogP contribution in [-0.2, 0) is 4.79 Å². The Bertz CT molecular complexity index is 263. The van der Waals surface area contributed by atoms with Gasteiger partial charge >= 0.3 is 0 Å². The van der Waals surface area contributed by atoms with Crippen LogP contribution in [0.4, 0.5) is 0 Å². The second-order valence-corrected chi connectivity index (χ2v) is 5.66. The lowest BCUT2D eigenvalue weighted by Gasteiger charge is -2.25. The van der Waals surface area contributed by atoms with E-state index < -0.39 is 0 Å². The fourth-order valence-electron chi connectivity index (χ4n) is 2.61. The molecule has 0 saturated heterocycles. The Labute approximate surface area is 100 Å². The Morgan fingerprint density at radius 1 is 1.44 bits per heavy atom. The summed E-state index contributed by atoms with van der Waals surface area (Å²) in [5, 5.41) is 0. The van der Waals surface area contributed by atoms with Crippen molar-refractivity contribution in [1.82, 2.24) is 0 Å². The van der Waals surface area contributed by atoms with Gasteiger partial charge in [0.1, 0.15) is 6.29 Å². The molecule has 1 nitrogen and oxygen atoms in total. The zero-order chi connectivity index (χ0) is 12.1. The average Bonchev–Trinajstić information content (AvgIpc) is 2.24. The molecule has 0 saturated carbocycles. The molecule has 0 aromatic rings. The number of rotatable bonds is 5. The first-order chi connectivity index (χ1) is 7.56. The summed E-state index contributed by atoms with van der Waals surface area (Å²) < 4.78 is 0. The van der Waals surface area contributed by atoms with E-state index in [9.17, 15) is 4.79 Å². The molecule has 16 heavy (non-hydrogen) atoms. The van der Waals surface area contributed by atoms with Crippen molar-refractivity contribution < 1.29 is 4.79 Å². The number of carbonyl (C=O) groups excluding carboxylic acids is 1. The van der Waals surface area contributed by atoms with E-state index in [2.05, 4.69) is 27.7 Å². The van der Waals surface area contributed by atoms with Crippen molar-refractivity contribution in [2.45, 2.75) is 59.8 Å². The van der Waals surface area contributed by atoms with Crippen molar-refractivity contribution in [2.24, 2.45) is 17.8 Å². The van der Waals surface area contributed by atoms with Crippen LogP contribution in [0.15, 0.2) is 11.1 Å². The Morgan fingerprint density at radius 2 is 2.12 bits per heavy atom. The molecule has 0 heterocycles. The lowest BCUT2D eigenvalue weighted by molar-refractivity contribution is -0.112. The highest BCUT2D eigenvalue weighted by Crippen LogP contribution is 2.33. The van der Waals surface area contributed by atoms with Crippen molar-refractivity contribution in [1.29, 1.82) is 0 Å². The number of carbonyl (C=O) groups is 1. The first kappa shape index (κ1) is 13.5. The molecule has 0 aliphatic heterocycles. The van der Waals surface area contributed by atoms with Crippen LogP contribution in [0.3, 0.4) is 0 Å². The summed E-state index contributed by atoms with van der Waals surface area (Å²) in [5.41, 5.74) is 3.23. The molecule has 0 radical (unpaired) electrons. The van der Waals surface area contributed by atoms with Gasteiger partial charge in [0, 0.05) is 5.92 Å². The quantitative estimate of drug-likeness (QED) is 0.498. The SMILES string of the molecule is CC1=C(CC[C@H](C=O)C(C)C)CCC[C@@H]1C. The van der Waals surface area contributed by atoms with Crippen LogP contribution in [0.1, 0.15) is 59.8 Å². The van der Waals surface area contributed by atoms with Crippen LogP contribution in [-0.4, -0.2) is 6.29 Å². The standard InChI is InChI=1S/C15H26O/c1-11(2)15(10-16)9-8-14-7-5-6-12(3)13(14)4/h10-12,15H,5-9H2,1-4H3/t12-,15+/m0/s1. The lowest BCUT2D eigenvalue weighted by Crippen LogP contribution is -2.12. The summed E-state index contributed by atoms with van der Waals surface area (Å²) in [6.07, 6.45) is 7.27. The van der Waals surface area contributed by atoms with Gasteiger partial charge in [-0.2, -0.15) is 0 Å². The molecular weight excluding hydrogens is 196 g/mol. The van der Waals surface area contributed by atoms with E-state index >= 15 is 0 Å². The van der Waals surface area contributed by atoms with E-state index in [-0.39, 0.29) is 5.92 Å². The van der Waals surface area contributed by atoms with E-state index in [0.717, 1.165) is 25.0 Å². The van der Waals surface area contributed by atoms with Crippen molar-refractivity contribution in [2.75, 3.05) is 0 Å².